The van der Waals surface area contributed by atoms with Crippen LogP contribution in [-0.2, 0) is 6.54 Å². The van der Waals surface area contributed by atoms with Gasteiger partial charge in [-0.05, 0) is 24.1 Å². The second kappa shape index (κ2) is 5.31. The predicted octanol–water partition coefficient (Wildman–Crippen LogP) is 2.70. The van der Waals surface area contributed by atoms with E-state index in [1.165, 1.54) is 6.20 Å². The van der Waals surface area contributed by atoms with Gasteiger partial charge in [-0.15, -0.1) is 0 Å². The van der Waals surface area contributed by atoms with Crippen LogP contribution in [0.25, 0.3) is 0 Å². The largest absolute Gasteiger partial charge is 0.478 e. The van der Waals surface area contributed by atoms with Crippen LogP contribution in [0.4, 0.5) is 5.82 Å². The van der Waals surface area contributed by atoms with Crippen molar-refractivity contribution < 1.29 is 9.90 Å². The van der Waals surface area contributed by atoms with Crippen molar-refractivity contribution in [2.75, 3.05) is 5.32 Å². The average Bonchev–Trinajstić information content (AvgIpc) is 2.37. The molecule has 0 bridgehead atoms. The molecule has 0 unspecified atom stereocenters. The Morgan fingerprint density at radius 1 is 1.33 bits per heavy atom. The van der Waals surface area contributed by atoms with Crippen molar-refractivity contribution in [1.29, 1.82) is 0 Å². The SMILES string of the molecule is Cc1cc(NCc2ccccc2)ncc1C(=O)O. The van der Waals surface area contributed by atoms with Crippen LogP contribution in [0.1, 0.15) is 21.5 Å². The summed E-state index contributed by atoms with van der Waals surface area (Å²) < 4.78 is 0. The molecule has 2 N–H and O–H groups in total. The van der Waals surface area contributed by atoms with Crippen LogP contribution in [0.5, 0.6) is 0 Å². The quantitative estimate of drug-likeness (QED) is 0.865. The number of anilines is 1. The van der Waals surface area contributed by atoms with E-state index >= 15 is 0 Å². The van der Waals surface area contributed by atoms with Crippen molar-refractivity contribution in [2.24, 2.45) is 0 Å². The molecule has 4 nitrogen and oxygen atoms in total. The van der Waals surface area contributed by atoms with Gasteiger partial charge >= 0.3 is 5.97 Å². The molecule has 0 saturated heterocycles. The molecule has 18 heavy (non-hydrogen) atoms. The molecule has 2 rings (SSSR count). The van der Waals surface area contributed by atoms with Crippen LogP contribution in [0.3, 0.4) is 0 Å². The van der Waals surface area contributed by atoms with Gasteiger partial charge in [-0.25, -0.2) is 9.78 Å². The van der Waals surface area contributed by atoms with E-state index in [1.54, 1.807) is 13.0 Å². The van der Waals surface area contributed by atoms with Gasteiger partial charge in [0, 0.05) is 12.7 Å². The maximum absolute atomic E-state index is 10.9. The van der Waals surface area contributed by atoms with Gasteiger partial charge in [-0.3, -0.25) is 0 Å². The van der Waals surface area contributed by atoms with Gasteiger partial charge < -0.3 is 10.4 Å². The fraction of sp³-hybridized carbons (Fsp3) is 0.143. The molecule has 0 aliphatic rings. The molecule has 0 saturated carbocycles. The Labute approximate surface area is 105 Å². The summed E-state index contributed by atoms with van der Waals surface area (Å²) in [6, 6.07) is 11.7. The van der Waals surface area contributed by atoms with Crippen molar-refractivity contribution in [2.45, 2.75) is 13.5 Å². The summed E-state index contributed by atoms with van der Waals surface area (Å²) >= 11 is 0. The lowest BCUT2D eigenvalue weighted by Crippen LogP contribution is -2.05. The number of carbonyl (C=O) groups is 1. The number of hydrogen-bond donors (Lipinski definition) is 2. The fourth-order valence-electron chi connectivity index (χ4n) is 1.67. The first-order valence-electron chi connectivity index (χ1n) is 5.64. The minimum Gasteiger partial charge on any atom is -0.478 e. The number of hydrogen-bond acceptors (Lipinski definition) is 3. The van der Waals surface area contributed by atoms with Crippen molar-refractivity contribution in [3.8, 4) is 0 Å². The van der Waals surface area contributed by atoms with E-state index in [9.17, 15) is 4.79 Å². The molecule has 0 aliphatic carbocycles. The van der Waals surface area contributed by atoms with E-state index in [1.807, 2.05) is 30.3 Å². The Morgan fingerprint density at radius 2 is 2.06 bits per heavy atom. The zero-order valence-corrected chi connectivity index (χ0v) is 10.1. The average molecular weight is 242 g/mol. The van der Waals surface area contributed by atoms with E-state index in [4.69, 9.17) is 5.11 Å². The van der Waals surface area contributed by atoms with Crippen LogP contribution < -0.4 is 5.32 Å². The summed E-state index contributed by atoms with van der Waals surface area (Å²) in [5.74, 6) is -0.268. The van der Waals surface area contributed by atoms with Gasteiger partial charge in [-0.1, -0.05) is 30.3 Å². The summed E-state index contributed by atoms with van der Waals surface area (Å²) in [6.45, 7) is 2.43. The highest BCUT2D eigenvalue weighted by molar-refractivity contribution is 5.89. The maximum Gasteiger partial charge on any atom is 0.337 e. The molecule has 1 aromatic carbocycles. The second-order valence-electron chi connectivity index (χ2n) is 4.03. The molecule has 4 heteroatoms. The van der Waals surface area contributed by atoms with E-state index in [0.29, 0.717) is 17.9 Å². The van der Waals surface area contributed by atoms with Gasteiger partial charge in [0.1, 0.15) is 5.82 Å². The van der Waals surface area contributed by atoms with Crippen molar-refractivity contribution in [3.63, 3.8) is 0 Å². The second-order valence-corrected chi connectivity index (χ2v) is 4.03. The summed E-state index contributed by atoms with van der Waals surface area (Å²) in [7, 11) is 0. The minimum atomic E-state index is -0.949. The molecular weight excluding hydrogens is 228 g/mol. The fourth-order valence-corrected chi connectivity index (χ4v) is 1.67. The number of nitrogens with zero attached hydrogens (tertiary/aromatic N) is 1. The van der Waals surface area contributed by atoms with Crippen LogP contribution in [0, 0.1) is 6.92 Å². The highest BCUT2D eigenvalue weighted by atomic mass is 16.4. The molecule has 0 fully saturated rings. The number of benzene rings is 1. The topological polar surface area (TPSA) is 62.2 Å². The number of aromatic carboxylic acids is 1. The number of rotatable bonds is 4. The number of nitrogens with one attached hydrogen (secondary N) is 1. The highest BCUT2D eigenvalue weighted by Crippen LogP contribution is 2.12. The van der Waals surface area contributed by atoms with Crippen LogP contribution in [0.15, 0.2) is 42.6 Å². The standard InChI is InChI=1S/C14H14N2O2/c1-10-7-13(16-9-12(10)14(17)18)15-8-11-5-3-2-4-6-11/h2-7,9H,8H2,1H3,(H,15,16)(H,17,18). The van der Waals surface area contributed by atoms with E-state index in [0.717, 1.165) is 5.56 Å². The lowest BCUT2D eigenvalue weighted by Gasteiger charge is -2.07. The van der Waals surface area contributed by atoms with Gasteiger partial charge in [-0.2, -0.15) is 0 Å². The molecule has 1 aromatic heterocycles. The minimum absolute atomic E-state index is 0.236. The molecule has 0 aliphatic heterocycles. The predicted molar refractivity (Wildman–Crippen MR) is 69.7 cm³/mol. The third-order valence-corrected chi connectivity index (χ3v) is 2.66. The Morgan fingerprint density at radius 3 is 2.67 bits per heavy atom. The maximum atomic E-state index is 10.9. The van der Waals surface area contributed by atoms with E-state index in [-0.39, 0.29) is 5.56 Å². The molecular formula is C14H14N2O2. The molecule has 0 spiro atoms. The van der Waals surface area contributed by atoms with Gasteiger partial charge in [0.05, 0.1) is 5.56 Å². The first-order valence-corrected chi connectivity index (χ1v) is 5.64. The van der Waals surface area contributed by atoms with Crippen molar-refractivity contribution in [1.82, 2.24) is 4.98 Å². The number of carboxylic acid groups (broad SMARTS) is 1. The van der Waals surface area contributed by atoms with Crippen molar-refractivity contribution in [3.05, 3.63) is 59.3 Å². The Balaban J connectivity index is 2.07. The zero-order valence-electron chi connectivity index (χ0n) is 10.1. The van der Waals surface area contributed by atoms with Gasteiger partial charge in [0.2, 0.25) is 0 Å². The molecule has 1 heterocycles. The Bertz CT molecular complexity index is 553. The zero-order chi connectivity index (χ0) is 13.0. The monoisotopic (exact) mass is 242 g/mol. The van der Waals surface area contributed by atoms with Crippen LogP contribution >= 0.6 is 0 Å². The van der Waals surface area contributed by atoms with E-state index in [2.05, 4.69) is 10.3 Å². The smallest absolute Gasteiger partial charge is 0.337 e. The summed E-state index contributed by atoms with van der Waals surface area (Å²) in [6.07, 6.45) is 1.38. The summed E-state index contributed by atoms with van der Waals surface area (Å²) in [5.41, 5.74) is 2.09. The molecule has 0 radical (unpaired) electrons. The van der Waals surface area contributed by atoms with Gasteiger partial charge in [0.25, 0.3) is 0 Å². The molecule has 92 valence electrons. The number of aromatic nitrogens is 1. The first-order chi connectivity index (χ1) is 8.66. The Hall–Kier alpha value is -2.36. The molecule has 0 amide bonds. The highest BCUT2D eigenvalue weighted by Gasteiger charge is 2.07. The number of carboxylic acids is 1. The Kier molecular flexibility index (Phi) is 3.57. The summed E-state index contributed by atoms with van der Waals surface area (Å²) in [5, 5.41) is 12.1. The van der Waals surface area contributed by atoms with Crippen LogP contribution in [0.2, 0.25) is 0 Å². The van der Waals surface area contributed by atoms with Gasteiger partial charge in [0.15, 0.2) is 0 Å². The number of aryl methyl sites for hydroxylation is 1. The molecule has 2 aromatic rings. The lowest BCUT2D eigenvalue weighted by molar-refractivity contribution is 0.0695. The first kappa shape index (κ1) is 12.1. The number of pyridine rings is 1. The van der Waals surface area contributed by atoms with Crippen molar-refractivity contribution >= 4 is 11.8 Å². The third kappa shape index (κ3) is 2.85. The van der Waals surface area contributed by atoms with Crippen LogP contribution in [-0.4, -0.2) is 16.1 Å². The summed E-state index contributed by atoms with van der Waals surface area (Å²) in [4.78, 5) is 14.9. The van der Waals surface area contributed by atoms with E-state index < -0.39 is 5.97 Å². The molecule has 0 atom stereocenters. The normalized spacial score (nSPS) is 10.1. The lowest BCUT2D eigenvalue weighted by atomic mass is 10.1. The third-order valence-electron chi connectivity index (χ3n) is 2.66.